The van der Waals surface area contributed by atoms with Crippen LogP contribution in [0.5, 0.6) is 0 Å². The van der Waals surface area contributed by atoms with E-state index in [1.54, 1.807) is 42.6 Å². The molecule has 2 heterocycles. The third-order valence-corrected chi connectivity index (χ3v) is 8.79. The predicted molar refractivity (Wildman–Crippen MR) is 204 cm³/mol. The zero-order valence-electron chi connectivity index (χ0n) is 30.6. The molecule has 2 amide bonds. The number of rotatable bonds is 10. The molecule has 0 aliphatic carbocycles. The Kier molecular flexibility index (Phi) is 12.7. The van der Waals surface area contributed by atoms with Gasteiger partial charge in [0.1, 0.15) is 5.82 Å². The van der Waals surface area contributed by atoms with Gasteiger partial charge in [-0.2, -0.15) is 13.2 Å². The van der Waals surface area contributed by atoms with Crippen LogP contribution in [0.1, 0.15) is 43.7 Å². The molecule has 0 unspecified atom stereocenters. The maximum absolute atomic E-state index is 14.1. The molecule has 1 aromatic heterocycles. The molecule has 276 valence electrons. The molecule has 0 bridgehead atoms. The highest BCUT2D eigenvalue weighted by atomic mass is 19.4. The number of likely N-dealkylation sites (N-methyl/N-ethyl adjacent to an activating group) is 2. The van der Waals surface area contributed by atoms with Crippen molar-refractivity contribution in [3.63, 3.8) is 0 Å². The molecular weight excluding hydrogens is 679 g/mol. The van der Waals surface area contributed by atoms with Crippen LogP contribution in [-0.2, 0) is 17.5 Å². The number of aromatic nitrogens is 1. The van der Waals surface area contributed by atoms with E-state index in [4.69, 9.17) is 0 Å². The van der Waals surface area contributed by atoms with Gasteiger partial charge < -0.3 is 25.8 Å². The van der Waals surface area contributed by atoms with Crippen molar-refractivity contribution in [2.75, 3.05) is 69.8 Å². The Bertz CT molecular complexity index is 2020. The van der Waals surface area contributed by atoms with E-state index in [0.29, 0.717) is 42.3 Å². The topological polar surface area (TPSA) is 92.8 Å². The molecule has 1 aliphatic heterocycles. The summed E-state index contributed by atoms with van der Waals surface area (Å²) in [7, 11) is 5.84. The number of alkyl halides is 3. The first-order valence-electron chi connectivity index (χ1n) is 17.2. The molecule has 0 saturated carbocycles. The Morgan fingerprint density at radius 1 is 0.925 bits per heavy atom. The van der Waals surface area contributed by atoms with Crippen molar-refractivity contribution in [2.45, 2.75) is 26.6 Å². The molecule has 3 aromatic carbocycles. The average molecular weight is 724 g/mol. The summed E-state index contributed by atoms with van der Waals surface area (Å²) in [5.41, 5.74) is 4.07. The lowest BCUT2D eigenvalue weighted by atomic mass is 10.0. The van der Waals surface area contributed by atoms with E-state index in [1.165, 1.54) is 18.2 Å². The van der Waals surface area contributed by atoms with Crippen LogP contribution in [-0.4, -0.2) is 85.4 Å². The Balaban J connectivity index is 1.26. The third-order valence-electron chi connectivity index (χ3n) is 8.79. The molecule has 0 spiro atoms. The summed E-state index contributed by atoms with van der Waals surface area (Å²) in [5.74, 6) is 5.95. The van der Waals surface area contributed by atoms with Gasteiger partial charge in [0.2, 0.25) is 5.91 Å². The monoisotopic (exact) mass is 723 g/mol. The van der Waals surface area contributed by atoms with E-state index in [-0.39, 0.29) is 29.3 Å². The van der Waals surface area contributed by atoms with Crippen molar-refractivity contribution >= 4 is 34.7 Å². The number of halogens is 3. The van der Waals surface area contributed by atoms with Crippen LogP contribution >= 0.6 is 0 Å². The van der Waals surface area contributed by atoms with Crippen molar-refractivity contribution < 1.29 is 22.8 Å². The summed E-state index contributed by atoms with van der Waals surface area (Å²) in [6, 6.07) is 18.2. The van der Waals surface area contributed by atoms with Crippen LogP contribution in [0.3, 0.4) is 0 Å². The largest absolute Gasteiger partial charge is 0.416 e. The van der Waals surface area contributed by atoms with Gasteiger partial charge in [0.25, 0.3) is 5.91 Å². The van der Waals surface area contributed by atoms with Gasteiger partial charge in [0.05, 0.1) is 16.9 Å². The van der Waals surface area contributed by atoms with Crippen molar-refractivity contribution in [2.24, 2.45) is 0 Å². The molecule has 5 rings (SSSR count). The van der Waals surface area contributed by atoms with Crippen molar-refractivity contribution in [1.29, 1.82) is 0 Å². The quantitative estimate of drug-likeness (QED) is 0.121. The summed E-state index contributed by atoms with van der Waals surface area (Å²) < 4.78 is 42.3. The van der Waals surface area contributed by atoms with E-state index in [9.17, 15) is 22.8 Å². The number of anilines is 4. The smallest absolute Gasteiger partial charge is 0.338 e. The first-order valence-corrected chi connectivity index (χ1v) is 17.2. The van der Waals surface area contributed by atoms with Gasteiger partial charge in [-0.25, -0.2) is 4.98 Å². The number of hydrogen-bond donors (Lipinski definition) is 3. The zero-order valence-corrected chi connectivity index (χ0v) is 30.6. The molecule has 0 atom stereocenters. The molecule has 1 saturated heterocycles. The van der Waals surface area contributed by atoms with Crippen LogP contribution in [0.4, 0.5) is 36.1 Å². The van der Waals surface area contributed by atoms with E-state index in [2.05, 4.69) is 37.7 Å². The molecule has 0 radical (unpaired) electrons. The molecule has 4 aromatic rings. The molecule has 1 fully saturated rings. The number of nitrogens with zero attached hydrogens (tertiary/aromatic N) is 4. The number of pyridine rings is 1. The van der Waals surface area contributed by atoms with E-state index >= 15 is 0 Å². The van der Waals surface area contributed by atoms with Gasteiger partial charge in [-0.3, -0.25) is 14.5 Å². The molecule has 1 aliphatic rings. The SMILES string of the molecule is Cc1ccc(C(=O)Nc2ccc(CN3CCN(C)CC3)c(C(F)(F)F)c2)cc1C#Cc1ccc(Nc2c(C)cccc2NC(=O)/C=C/CN(C)C)nc1. The standard InChI is InChI=1S/C41H44F3N7O2/c1-28-11-14-32(40(53)46-34-17-16-33(35(25-34)41(42,43)44)27-51-22-20-50(5)21-23-51)24-31(28)15-12-30-13-18-37(45-26-30)48-39-29(2)8-6-9-36(39)47-38(52)10-7-19-49(3)4/h6-11,13-14,16-18,24-26H,19-23,27H2,1-5H3,(H,45,48)(H,46,53)(H,47,52)/b10-7+. The Hall–Kier alpha value is -5.48. The van der Waals surface area contributed by atoms with Crippen LogP contribution in [0.2, 0.25) is 0 Å². The number of carbonyl (C=O) groups is 2. The van der Waals surface area contributed by atoms with Gasteiger partial charge in [-0.15, -0.1) is 0 Å². The van der Waals surface area contributed by atoms with Gasteiger partial charge in [-0.1, -0.05) is 42.2 Å². The van der Waals surface area contributed by atoms with Crippen LogP contribution in [0.15, 0.2) is 85.1 Å². The summed E-state index contributed by atoms with van der Waals surface area (Å²) >= 11 is 0. The van der Waals surface area contributed by atoms with Gasteiger partial charge >= 0.3 is 6.18 Å². The van der Waals surface area contributed by atoms with E-state index in [1.807, 2.05) is 63.0 Å². The second-order valence-electron chi connectivity index (χ2n) is 13.4. The molecule has 12 heteroatoms. The number of piperazine rings is 1. The fourth-order valence-corrected chi connectivity index (χ4v) is 5.70. The zero-order chi connectivity index (χ0) is 38.1. The number of hydrogen-bond acceptors (Lipinski definition) is 7. The van der Waals surface area contributed by atoms with Crippen LogP contribution < -0.4 is 16.0 Å². The Morgan fingerprint density at radius 3 is 2.40 bits per heavy atom. The normalized spacial score (nSPS) is 13.8. The van der Waals surface area contributed by atoms with E-state index < -0.39 is 17.6 Å². The highest BCUT2D eigenvalue weighted by Crippen LogP contribution is 2.35. The number of carbonyl (C=O) groups excluding carboxylic acids is 2. The maximum Gasteiger partial charge on any atom is 0.416 e. The lowest BCUT2D eigenvalue weighted by Crippen LogP contribution is -2.44. The average Bonchev–Trinajstić information content (AvgIpc) is 3.11. The number of aryl methyl sites for hydroxylation is 2. The molecular formula is C41H44F3N7O2. The number of benzene rings is 3. The summed E-state index contributed by atoms with van der Waals surface area (Å²) in [4.78, 5) is 36.3. The second kappa shape index (κ2) is 17.4. The molecule has 53 heavy (non-hydrogen) atoms. The highest BCUT2D eigenvalue weighted by molar-refractivity contribution is 6.04. The maximum atomic E-state index is 14.1. The summed E-state index contributed by atoms with van der Waals surface area (Å²) in [6.45, 7) is 7.61. The number of para-hydroxylation sites is 1. The van der Waals surface area contributed by atoms with Crippen molar-refractivity contribution in [3.8, 4) is 11.8 Å². The number of nitrogens with one attached hydrogen (secondary N) is 3. The minimum absolute atomic E-state index is 0.0643. The minimum atomic E-state index is -4.57. The number of amides is 2. The summed E-state index contributed by atoms with van der Waals surface area (Å²) in [5, 5.41) is 8.84. The second-order valence-corrected chi connectivity index (χ2v) is 13.4. The molecule has 9 nitrogen and oxygen atoms in total. The van der Waals surface area contributed by atoms with E-state index in [0.717, 1.165) is 36.0 Å². The fraction of sp³-hybridized carbons (Fsp3) is 0.293. The summed E-state index contributed by atoms with van der Waals surface area (Å²) in [6.07, 6.45) is 0.344. The lowest BCUT2D eigenvalue weighted by Gasteiger charge is -2.33. The van der Waals surface area contributed by atoms with Gasteiger partial charge in [0.15, 0.2) is 0 Å². The predicted octanol–water partition coefficient (Wildman–Crippen LogP) is 6.92. The minimum Gasteiger partial charge on any atom is -0.338 e. The Morgan fingerprint density at radius 2 is 1.70 bits per heavy atom. The first kappa shape index (κ1) is 38.7. The van der Waals surface area contributed by atoms with Gasteiger partial charge in [0, 0.05) is 73.9 Å². The van der Waals surface area contributed by atoms with Crippen LogP contribution in [0, 0.1) is 25.7 Å². The lowest BCUT2D eigenvalue weighted by molar-refractivity contribution is -0.138. The molecule has 3 N–H and O–H groups in total. The third kappa shape index (κ3) is 11.0. The van der Waals surface area contributed by atoms with Crippen molar-refractivity contribution in [1.82, 2.24) is 19.7 Å². The Labute approximate surface area is 308 Å². The van der Waals surface area contributed by atoms with Gasteiger partial charge in [-0.05, 0) is 94.1 Å². The van der Waals surface area contributed by atoms with Crippen molar-refractivity contribution in [3.05, 3.63) is 124 Å². The first-order chi connectivity index (χ1) is 25.2. The van der Waals surface area contributed by atoms with Crippen LogP contribution in [0.25, 0.3) is 0 Å². The fourth-order valence-electron chi connectivity index (χ4n) is 5.70. The highest BCUT2D eigenvalue weighted by Gasteiger charge is 2.34.